The largest absolute Gasteiger partial charge is 0.356 e. The van der Waals surface area contributed by atoms with Crippen LogP contribution in [0.2, 0.25) is 0 Å². The van der Waals surface area contributed by atoms with Crippen LogP contribution < -0.4 is 10.6 Å². The maximum absolute atomic E-state index is 11.6. The number of nitrogens with one attached hydrogen (secondary N) is 2. The molecule has 1 aromatic carbocycles. The highest BCUT2D eigenvalue weighted by atomic mass is 32.1. The van der Waals surface area contributed by atoms with E-state index < -0.39 is 0 Å². The lowest BCUT2D eigenvalue weighted by Gasteiger charge is -2.03. The summed E-state index contributed by atoms with van der Waals surface area (Å²) in [4.78, 5) is 27.2. The monoisotopic (exact) mass is 345 g/mol. The van der Waals surface area contributed by atoms with Gasteiger partial charge in [0.15, 0.2) is 0 Å². The lowest BCUT2D eigenvalue weighted by atomic mass is 10.2. The van der Waals surface area contributed by atoms with Gasteiger partial charge >= 0.3 is 0 Å². The first kappa shape index (κ1) is 18.1. The Bertz CT molecular complexity index is 680. The van der Waals surface area contributed by atoms with Crippen molar-refractivity contribution in [3.8, 4) is 10.6 Å². The average Bonchev–Trinajstić information content (AvgIpc) is 3.02. The van der Waals surface area contributed by atoms with Crippen molar-refractivity contribution in [1.82, 2.24) is 10.3 Å². The van der Waals surface area contributed by atoms with E-state index in [1.807, 2.05) is 29.6 Å². The molecule has 24 heavy (non-hydrogen) atoms. The second-order valence-electron chi connectivity index (χ2n) is 5.61. The van der Waals surface area contributed by atoms with Gasteiger partial charge in [0.25, 0.3) is 0 Å². The van der Waals surface area contributed by atoms with Gasteiger partial charge in [0.2, 0.25) is 11.8 Å². The second kappa shape index (κ2) is 9.17. The van der Waals surface area contributed by atoms with Crippen LogP contribution in [0, 0.1) is 0 Å². The molecule has 1 aromatic heterocycles. The molecule has 0 aliphatic carbocycles. The van der Waals surface area contributed by atoms with Gasteiger partial charge in [-0.05, 0) is 30.7 Å². The lowest BCUT2D eigenvalue weighted by Crippen LogP contribution is -2.25. The lowest BCUT2D eigenvalue weighted by molar-refractivity contribution is -0.121. The van der Waals surface area contributed by atoms with E-state index in [-0.39, 0.29) is 11.8 Å². The Kier molecular flexibility index (Phi) is 6.93. The first-order valence-electron chi connectivity index (χ1n) is 8.17. The molecular weight excluding hydrogens is 322 g/mol. The van der Waals surface area contributed by atoms with Crippen molar-refractivity contribution in [2.24, 2.45) is 0 Å². The van der Waals surface area contributed by atoms with Crippen molar-refractivity contribution >= 4 is 28.8 Å². The van der Waals surface area contributed by atoms with Crippen molar-refractivity contribution in [3.05, 3.63) is 35.3 Å². The minimum Gasteiger partial charge on any atom is -0.356 e. The van der Waals surface area contributed by atoms with Crippen LogP contribution in [0.5, 0.6) is 0 Å². The van der Waals surface area contributed by atoms with Gasteiger partial charge in [0.05, 0.1) is 5.69 Å². The first-order valence-corrected chi connectivity index (χ1v) is 9.05. The maximum atomic E-state index is 11.6. The Balaban J connectivity index is 1.86. The zero-order valence-corrected chi connectivity index (χ0v) is 14.9. The van der Waals surface area contributed by atoms with Crippen LogP contribution in [0.1, 0.15) is 38.8 Å². The van der Waals surface area contributed by atoms with E-state index in [0.29, 0.717) is 13.0 Å². The molecule has 0 atom stereocenters. The molecule has 2 aromatic rings. The number of rotatable bonds is 8. The molecule has 0 aliphatic rings. The van der Waals surface area contributed by atoms with Crippen LogP contribution >= 0.6 is 11.3 Å². The Labute approximate surface area is 146 Å². The molecule has 0 unspecified atom stereocenters. The molecule has 0 spiro atoms. The minimum atomic E-state index is -0.0831. The van der Waals surface area contributed by atoms with Gasteiger partial charge in [-0.2, -0.15) is 0 Å². The first-order chi connectivity index (χ1) is 11.6. The topological polar surface area (TPSA) is 71.1 Å². The highest BCUT2D eigenvalue weighted by Crippen LogP contribution is 2.25. The minimum absolute atomic E-state index is 0.0831. The Morgan fingerprint density at radius 2 is 1.96 bits per heavy atom. The van der Waals surface area contributed by atoms with E-state index in [0.717, 1.165) is 41.2 Å². The summed E-state index contributed by atoms with van der Waals surface area (Å²) in [5.74, 6) is 0.0288. The number of nitrogens with zero attached hydrogens (tertiary/aromatic N) is 1. The Hall–Kier alpha value is -2.21. The zero-order chi connectivity index (χ0) is 17.4. The number of anilines is 1. The highest BCUT2D eigenvalue weighted by molar-refractivity contribution is 7.13. The van der Waals surface area contributed by atoms with Gasteiger partial charge in [0.1, 0.15) is 5.01 Å². The van der Waals surface area contributed by atoms with E-state index >= 15 is 0 Å². The van der Waals surface area contributed by atoms with Crippen molar-refractivity contribution in [2.45, 2.75) is 39.5 Å². The Morgan fingerprint density at radius 1 is 1.21 bits per heavy atom. The number of thiazole rings is 1. The van der Waals surface area contributed by atoms with Gasteiger partial charge < -0.3 is 10.6 Å². The molecule has 0 aliphatic heterocycles. The fourth-order valence-electron chi connectivity index (χ4n) is 2.21. The van der Waals surface area contributed by atoms with Gasteiger partial charge in [-0.1, -0.05) is 13.3 Å². The van der Waals surface area contributed by atoms with Gasteiger partial charge in [0, 0.05) is 42.9 Å². The SMILES string of the molecule is CCCCC(=O)NCCc1csc(-c2ccc(NC(C)=O)cc2)n1. The quantitative estimate of drug-likeness (QED) is 0.767. The van der Waals surface area contributed by atoms with Gasteiger partial charge in [-0.15, -0.1) is 11.3 Å². The zero-order valence-electron chi connectivity index (χ0n) is 14.1. The van der Waals surface area contributed by atoms with E-state index in [1.165, 1.54) is 6.92 Å². The molecule has 0 saturated carbocycles. The molecule has 2 rings (SSSR count). The molecule has 128 valence electrons. The number of hydrogen-bond donors (Lipinski definition) is 2. The fraction of sp³-hybridized carbons (Fsp3) is 0.389. The van der Waals surface area contributed by atoms with Crippen LogP contribution in [0.4, 0.5) is 5.69 Å². The van der Waals surface area contributed by atoms with E-state index in [9.17, 15) is 9.59 Å². The summed E-state index contributed by atoms with van der Waals surface area (Å²) < 4.78 is 0. The molecule has 0 saturated heterocycles. The number of hydrogen-bond acceptors (Lipinski definition) is 4. The van der Waals surface area contributed by atoms with Crippen LogP contribution in [0.25, 0.3) is 10.6 Å². The molecule has 1 heterocycles. The number of benzene rings is 1. The molecule has 5 nitrogen and oxygen atoms in total. The molecular formula is C18H23N3O2S. The summed E-state index contributed by atoms with van der Waals surface area (Å²) in [6, 6.07) is 7.62. The summed E-state index contributed by atoms with van der Waals surface area (Å²) in [7, 11) is 0. The van der Waals surface area contributed by atoms with Crippen molar-refractivity contribution < 1.29 is 9.59 Å². The van der Waals surface area contributed by atoms with E-state index in [2.05, 4.69) is 22.5 Å². The third-order valence-electron chi connectivity index (χ3n) is 3.46. The number of carbonyl (C=O) groups is 2. The predicted octanol–water partition coefficient (Wildman–Crippen LogP) is 3.62. The summed E-state index contributed by atoms with van der Waals surface area (Å²) in [6.07, 6.45) is 3.29. The summed E-state index contributed by atoms with van der Waals surface area (Å²) in [6.45, 7) is 4.18. The third kappa shape index (κ3) is 5.77. The predicted molar refractivity (Wildman–Crippen MR) is 98.1 cm³/mol. The number of amides is 2. The average molecular weight is 345 g/mol. The molecule has 0 bridgehead atoms. The molecule has 2 amide bonds. The van der Waals surface area contributed by atoms with Crippen molar-refractivity contribution in [1.29, 1.82) is 0 Å². The second-order valence-corrected chi connectivity index (χ2v) is 6.46. The highest BCUT2D eigenvalue weighted by Gasteiger charge is 2.06. The van der Waals surface area contributed by atoms with Crippen LogP contribution in [-0.2, 0) is 16.0 Å². The standard InChI is InChI=1S/C18H23N3O2S/c1-3-4-5-17(23)19-11-10-16-12-24-18(21-16)14-6-8-15(9-7-14)20-13(2)22/h6-9,12H,3-5,10-11H2,1-2H3,(H,19,23)(H,20,22). The van der Waals surface area contributed by atoms with Crippen molar-refractivity contribution in [2.75, 3.05) is 11.9 Å². The molecule has 0 fully saturated rings. The third-order valence-corrected chi connectivity index (χ3v) is 4.40. The molecule has 2 N–H and O–H groups in total. The number of carbonyl (C=O) groups excluding carboxylic acids is 2. The van der Waals surface area contributed by atoms with Gasteiger partial charge in [-0.25, -0.2) is 4.98 Å². The molecule has 6 heteroatoms. The molecule has 0 radical (unpaired) electrons. The summed E-state index contributed by atoms with van der Waals surface area (Å²) in [5.41, 5.74) is 2.78. The fourth-order valence-corrected chi connectivity index (χ4v) is 3.07. The Morgan fingerprint density at radius 3 is 2.62 bits per heavy atom. The van der Waals surface area contributed by atoms with Crippen molar-refractivity contribution in [3.63, 3.8) is 0 Å². The van der Waals surface area contributed by atoms with E-state index in [4.69, 9.17) is 0 Å². The van der Waals surface area contributed by atoms with Gasteiger partial charge in [-0.3, -0.25) is 9.59 Å². The summed E-state index contributed by atoms with van der Waals surface area (Å²) in [5, 5.41) is 8.64. The number of unbranched alkanes of at least 4 members (excludes halogenated alkanes) is 1. The van der Waals surface area contributed by atoms with E-state index in [1.54, 1.807) is 11.3 Å². The van der Waals surface area contributed by atoms with Crippen LogP contribution in [0.15, 0.2) is 29.6 Å². The summed E-state index contributed by atoms with van der Waals surface area (Å²) >= 11 is 1.58. The van der Waals surface area contributed by atoms with Crippen LogP contribution in [0.3, 0.4) is 0 Å². The number of aromatic nitrogens is 1. The maximum Gasteiger partial charge on any atom is 0.221 e. The normalized spacial score (nSPS) is 10.4. The van der Waals surface area contributed by atoms with Crippen LogP contribution in [-0.4, -0.2) is 23.3 Å². The smallest absolute Gasteiger partial charge is 0.221 e.